The molecule has 0 saturated heterocycles. The van der Waals surface area contributed by atoms with Gasteiger partial charge in [0.15, 0.2) is 0 Å². The number of hydrogen-bond acceptors (Lipinski definition) is 8. The fourth-order valence-corrected chi connectivity index (χ4v) is 3.57. The van der Waals surface area contributed by atoms with Crippen LogP contribution in [0.5, 0.6) is 0 Å². The molecule has 0 fully saturated rings. The number of carboxylic acids is 2. The van der Waals surface area contributed by atoms with E-state index >= 15 is 0 Å². The molecule has 1 rings (SSSR count). The van der Waals surface area contributed by atoms with Gasteiger partial charge in [-0.05, 0) is 24.8 Å². The van der Waals surface area contributed by atoms with Crippen LogP contribution in [0.15, 0.2) is 30.3 Å². The summed E-state index contributed by atoms with van der Waals surface area (Å²) in [7, 11) is 0. The number of carboxylic acid groups (broad SMARTS) is 2. The van der Waals surface area contributed by atoms with E-state index in [2.05, 4.69) is 21.3 Å². The van der Waals surface area contributed by atoms with Gasteiger partial charge in [-0.25, -0.2) is 4.79 Å². The van der Waals surface area contributed by atoms with Crippen molar-refractivity contribution in [2.75, 3.05) is 6.61 Å². The third kappa shape index (κ3) is 11.4. The molecule has 1 aromatic rings. The maximum Gasteiger partial charge on any atom is 0.326 e. The van der Waals surface area contributed by atoms with E-state index in [1.54, 1.807) is 44.2 Å². The fraction of sp³-hybridized carbons (Fsp3) is 0.538. The SMILES string of the molecule is CC[C@H](C)[C@H](NC(=O)[C@H](CO)NC(=O)[C@H](C)N)C(=O)N[C@@H](Cc1ccccc1)C(=O)N[C@@H](CCC(=O)O)C(=O)O. The Morgan fingerprint density at radius 1 is 0.800 bits per heavy atom. The number of nitrogens with two attached hydrogens (primary N) is 1. The fourth-order valence-electron chi connectivity index (χ4n) is 3.57. The number of aliphatic hydroxyl groups is 1. The van der Waals surface area contributed by atoms with Crippen LogP contribution in [0.4, 0.5) is 0 Å². The van der Waals surface area contributed by atoms with Crippen molar-refractivity contribution in [2.45, 2.75) is 76.7 Å². The minimum atomic E-state index is -1.51. The van der Waals surface area contributed by atoms with Crippen LogP contribution in [-0.4, -0.2) is 87.7 Å². The van der Waals surface area contributed by atoms with E-state index < -0.39 is 84.7 Å². The van der Waals surface area contributed by atoms with Crippen LogP contribution in [0.1, 0.15) is 45.6 Å². The lowest BCUT2D eigenvalue weighted by molar-refractivity contribution is -0.143. The molecule has 0 aromatic heterocycles. The Morgan fingerprint density at radius 2 is 1.35 bits per heavy atom. The molecule has 0 bridgehead atoms. The first kappa shape index (κ1) is 34.0. The van der Waals surface area contributed by atoms with Gasteiger partial charge in [-0.15, -0.1) is 0 Å². The van der Waals surface area contributed by atoms with Crippen molar-refractivity contribution < 1.29 is 44.1 Å². The highest BCUT2D eigenvalue weighted by atomic mass is 16.4. The molecule has 0 aliphatic carbocycles. The second-order valence-corrected chi connectivity index (χ2v) is 9.49. The molecule has 9 N–H and O–H groups in total. The molecule has 0 unspecified atom stereocenters. The summed E-state index contributed by atoms with van der Waals surface area (Å²) in [5, 5.41) is 37.6. The minimum absolute atomic E-state index is 0.0332. The van der Waals surface area contributed by atoms with Crippen LogP contribution in [0.25, 0.3) is 0 Å². The number of carbonyl (C=O) groups is 6. The first-order valence-electron chi connectivity index (χ1n) is 12.9. The molecule has 0 radical (unpaired) electrons. The van der Waals surface area contributed by atoms with E-state index in [-0.39, 0.29) is 12.8 Å². The van der Waals surface area contributed by atoms with Crippen molar-refractivity contribution >= 4 is 35.6 Å². The average molecular weight is 566 g/mol. The molecule has 0 spiro atoms. The summed E-state index contributed by atoms with van der Waals surface area (Å²) in [6.45, 7) is 4.08. The molecule has 14 nitrogen and oxygen atoms in total. The number of rotatable bonds is 17. The van der Waals surface area contributed by atoms with Gasteiger partial charge in [0, 0.05) is 12.8 Å². The van der Waals surface area contributed by atoms with Crippen LogP contribution in [0.2, 0.25) is 0 Å². The van der Waals surface area contributed by atoms with E-state index in [1.165, 1.54) is 6.92 Å². The molecular weight excluding hydrogens is 526 g/mol. The number of hydrogen-bond donors (Lipinski definition) is 8. The Hall–Kier alpha value is -4.04. The highest BCUT2D eigenvalue weighted by molar-refractivity contribution is 5.95. The van der Waals surface area contributed by atoms with E-state index in [0.29, 0.717) is 12.0 Å². The van der Waals surface area contributed by atoms with Crippen LogP contribution < -0.4 is 27.0 Å². The normalized spacial score (nSPS) is 15.3. The third-order valence-corrected chi connectivity index (χ3v) is 6.20. The van der Waals surface area contributed by atoms with E-state index in [4.69, 9.17) is 10.8 Å². The predicted molar refractivity (Wildman–Crippen MR) is 143 cm³/mol. The molecule has 1 aromatic carbocycles. The summed E-state index contributed by atoms with van der Waals surface area (Å²) in [6.07, 6.45) is -0.473. The summed E-state index contributed by atoms with van der Waals surface area (Å²) < 4.78 is 0. The number of benzene rings is 1. The Kier molecular flexibility index (Phi) is 14.3. The number of nitrogens with one attached hydrogen (secondary N) is 4. The largest absolute Gasteiger partial charge is 0.481 e. The van der Waals surface area contributed by atoms with Crippen molar-refractivity contribution in [2.24, 2.45) is 11.7 Å². The number of aliphatic carboxylic acids is 2. The van der Waals surface area contributed by atoms with Crippen LogP contribution in [0, 0.1) is 5.92 Å². The summed E-state index contributed by atoms with van der Waals surface area (Å²) in [4.78, 5) is 73.8. The first-order chi connectivity index (χ1) is 18.8. The molecule has 0 saturated carbocycles. The van der Waals surface area contributed by atoms with Crippen molar-refractivity contribution in [1.29, 1.82) is 0 Å². The Morgan fingerprint density at radius 3 is 1.85 bits per heavy atom. The van der Waals surface area contributed by atoms with E-state index in [1.807, 2.05) is 0 Å². The highest BCUT2D eigenvalue weighted by Crippen LogP contribution is 2.11. The highest BCUT2D eigenvalue weighted by Gasteiger charge is 2.33. The number of aliphatic hydroxyl groups excluding tert-OH is 1. The van der Waals surface area contributed by atoms with Gasteiger partial charge in [-0.2, -0.15) is 0 Å². The minimum Gasteiger partial charge on any atom is -0.481 e. The second-order valence-electron chi connectivity index (χ2n) is 9.49. The van der Waals surface area contributed by atoms with Gasteiger partial charge in [0.2, 0.25) is 23.6 Å². The number of amides is 4. The summed E-state index contributed by atoms with van der Waals surface area (Å²) in [6, 6.07) is 2.27. The van der Waals surface area contributed by atoms with Gasteiger partial charge in [-0.1, -0.05) is 50.6 Å². The zero-order valence-electron chi connectivity index (χ0n) is 22.8. The van der Waals surface area contributed by atoms with Crippen LogP contribution >= 0.6 is 0 Å². The van der Waals surface area contributed by atoms with Crippen molar-refractivity contribution in [3.05, 3.63) is 35.9 Å². The molecule has 14 heteroatoms. The zero-order chi connectivity index (χ0) is 30.4. The predicted octanol–water partition coefficient (Wildman–Crippen LogP) is -1.50. The third-order valence-electron chi connectivity index (χ3n) is 6.20. The lowest BCUT2D eigenvalue weighted by atomic mass is 9.96. The lowest BCUT2D eigenvalue weighted by Crippen LogP contribution is -2.60. The Labute approximate surface area is 232 Å². The van der Waals surface area contributed by atoms with Crippen LogP contribution in [0.3, 0.4) is 0 Å². The Balaban J connectivity index is 3.19. The second kappa shape index (κ2) is 16.8. The van der Waals surface area contributed by atoms with E-state index in [0.717, 1.165) is 0 Å². The molecule has 6 atom stereocenters. The van der Waals surface area contributed by atoms with Gasteiger partial charge in [-0.3, -0.25) is 24.0 Å². The average Bonchev–Trinajstić information content (AvgIpc) is 2.91. The molecule has 222 valence electrons. The van der Waals surface area contributed by atoms with Crippen molar-refractivity contribution in [1.82, 2.24) is 21.3 Å². The molecule has 40 heavy (non-hydrogen) atoms. The smallest absolute Gasteiger partial charge is 0.326 e. The van der Waals surface area contributed by atoms with Crippen LogP contribution in [-0.2, 0) is 35.2 Å². The standard InChI is InChI=1S/C26H39N5O9/c1-4-14(2)21(31-24(37)19(13-32)30-22(35)15(3)27)25(38)29-18(12-16-8-6-5-7-9-16)23(36)28-17(26(39)40)10-11-20(33)34/h5-9,14-15,17-19,21,32H,4,10-13,27H2,1-3H3,(H,28,36)(H,29,38)(H,30,35)(H,31,37)(H,33,34)(H,39,40)/t14-,15-,17-,18-,19-,21-/m0/s1. The zero-order valence-corrected chi connectivity index (χ0v) is 22.8. The molecule has 0 aliphatic heterocycles. The van der Waals surface area contributed by atoms with Gasteiger partial charge in [0.1, 0.15) is 24.2 Å². The van der Waals surface area contributed by atoms with E-state index in [9.17, 15) is 39.0 Å². The maximum atomic E-state index is 13.4. The summed E-state index contributed by atoms with van der Waals surface area (Å²) >= 11 is 0. The Bertz CT molecular complexity index is 1030. The first-order valence-corrected chi connectivity index (χ1v) is 12.9. The molecule has 0 heterocycles. The molecule has 0 aliphatic rings. The van der Waals surface area contributed by atoms with Gasteiger partial charge >= 0.3 is 11.9 Å². The van der Waals surface area contributed by atoms with Crippen molar-refractivity contribution in [3.63, 3.8) is 0 Å². The lowest BCUT2D eigenvalue weighted by Gasteiger charge is -2.28. The topological polar surface area (TPSA) is 237 Å². The quantitative estimate of drug-likeness (QED) is 0.109. The summed E-state index contributed by atoms with van der Waals surface area (Å²) in [5.74, 6) is -6.27. The van der Waals surface area contributed by atoms with Gasteiger partial charge in [0.25, 0.3) is 0 Å². The van der Waals surface area contributed by atoms with Crippen molar-refractivity contribution in [3.8, 4) is 0 Å². The molecular formula is C26H39N5O9. The van der Waals surface area contributed by atoms with Gasteiger partial charge < -0.3 is 42.3 Å². The van der Waals surface area contributed by atoms with Gasteiger partial charge in [0.05, 0.1) is 12.6 Å². The number of carbonyl (C=O) groups excluding carboxylic acids is 4. The maximum absolute atomic E-state index is 13.4. The molecule has 4 amide bonds. The monoisotopic (exact) mass is 565 g/mol. The summed E-state index contributed by atoms with van der Waals surface area (Å²) in [5.41, 5.74) is 6.14.